The van der Waals surface area contributed by atoms with E-state index < -0.39 is 23.8 Å². The maximum atomic E-state index is 13.2. The highest BCUT2D eigenvalue weighted by atomic mass is 16.6. The maximum absolute atomic E-state index is 13.2. The molecule has 0 saturated carbocycles. The number of nitrogens with zero attached hydrogens (tertiary/aromatic N) is 1. The van der Waals surface area contributed by atoms with Gasteiger partial charge in [0.05, 0.1) is 12.6 Å². The van der Waals surface area contributed by atoms with Crippen molar-refractivity contribution in [1.29, 1.82) is 0 Å². The highest BCUT2D eigenvalue weighted by Gasteiger charge is 2.37. The monoisotopic (exact) mass is 451 g/mol. The van der Waals surface area contributed by atoms with Crippen molar-refractivity contribution in [3.8, 4) is 0 Å². The molecule has 0 aliphatic carbocycles. The first-order valence-electron chi connectivity index (χ1n) is 11.3. The van der Waals surface area contributed by atoms with Gasteiger partial charge in [-0.1, -0.05) is 54.6 Å². The lowest BCUT2D eigenvalue weighted by atomic mass is 9.93. The topological polar surface area (TPSA) is 87.7 Å². The molecular weight excluding hydrogens is 418 g/mol. The summed E-state index contributed by atoms with van der Waals surface area (Å²) >= 11 is 0. The Bertz CT molecular complexity index is 1000. The van der Waals surface area contributed by atoms with E-state index in [0.717, 1.165) is 16.7 Å². The summed E-state index contributed by atoms with van der Waals surface area (Å²) in [5.74, 6) is -0.676. The predicted octanol–water partition coefficient (Wildman–Crippen LogP) is 3.73. The Morgan fingerprint density at radius 2 is 1.55 bits per heavy atom. The Labute approximate surface area is 195 Å². The van der Waals surface area contributed by atoms with Crippen molar-refractivity contribution >= 4 is 17.9 Å². The van der Waals surface area contributed by atoms with Gasteiger partial charge >= 0.3 is 6.09 Å². The van der Waals surface area contributed by atoms with Gasteiger partial charge in [-0.3, -0.25) is 14.5 Å². The second kappa shape index (κ2) is 10.1. The summed E-state index contributed by atoms with van der Waals surface area (Å²) in [6.45, 7) is 9.17. The van der Waals surface area contributed by atoms with Crippen molar-refractivity contribution < 1.29 is 19.1 Å². The van der Waals surface area contributed by atoms with E-state index in [1.807, 2.05) is 61.5 Å². The number of fused-ring (bicyclic) bond motifs is 1. The van der Waals surface area contributed by atoms with Crippen molar-refractivity contribution in [3.63, 3.8) is 0 Å². The minimum atomic E-state index is -0.767. The Hall–Kier alpha value is -3.35. The van der Waals surface area contributed by atoms with E-state index >= 15 is 0 Å². The highest BCUT2D eigenvalue weighted by molar-refractivity contribution is 5.91. The van der Waals surface area contributed by atoms with Crippen molar-refractivity contribution in [2.45, 2.75) is 71.3 Å². The predicted molar refractivity (Wildman–Crippen MR) is 126 cm³/mol. The fourth-order valence-corrected chi connectivity index (χ4v) is 3.81. The van der Waals surface area contributed by atoms with Crippen LogP contribution in [0.25, 0.3) is 0 Å². The molecule has 33 heavy (non-hydrogen) atoms. The van der Waals surface area contributed by atoms with Crippen LogP contribution in [0, 0.1) is 0 Å². The molecule has 0 bridgehead atoms. The minimum absolute atomic E-state index is 0.196. The quantitative estimate of drug-likeness (QED) is 0.725. The van der Waals surface area contributed by atoms with Crippen LogP contribution in [-0.4, -0.2) is 40.5 Å². The lowest BCUT2D eigenvalue weighted by Gasteiger charge is -2.37. The van der Waals surface area contributed by atoms with E-state index in [1.54, 1.807) is 27.7 Å². The molecule has 0 aromatic heterocycles. The molecule has 7 nitrogen and oxygen atoms in total. The van der Waals surface area contributed by atoms with Gasteiger partial charge in [-0.2, -0.15) is 0 Å². The molecule has 0 saturated heterocycles. The maximum Gasteiger partial charge on any atom is 0.411 e. The SMILES string of the molecule is CC(NC(=O)[C@H](C)NC(=O)[C@@H]1Cc2ccccc2CN1C(=O)OC(C)(C)C)c1ccccc1. The fraction of sp³-hybridized carbons (Fsp3) is 0.423. The van der Waals surface area contributed by atoms with Crippen LogP contribution in [-0.2, 0) is 27.3 Å². The van der Waals surface area contributed by atoms with Crippen molar-refractivity contribution in [2.75, 3.05) is 0 Å². The zero-order valence-corrected chi connectivity index (χ0v) is 19.9. The second-order valence-corrected chi connectivity index (χ2v) is 9.47. The van der Waals surface area contributed by atoms with Gasteiger partial charge in [0.25, 0.3) is 0 Å². The lowest BCUT2D eigenvalue weighted by Crippen LogP contribution is -2.56. The average Bonchev–Trinajstić information content (AvgIpc) is 2.77. The van der Waals surface area contributed by atoms with Crippen molar-refractivity contribution in [3.05, 3.63) is 71.3 Å². The summed E-state index contributed by atoms with van der Waals surface area (Å²) in [6.07, 6.45) is -0.192. The summed E-state index contributed by atoms with van der Waals surface area (Å²) in [5, 5.41) is 5.71. The van der Waals surface area contributed by atoms with Gasteiger partial charge < -0.3 is 15.4 Å². The molecule has 0 spiro atoms. The average molecular weight is 452 g/mol. The molecule has 2 aromatic rings. The number of ether oxygens (including phenoxy) is 1. The third kappa shape index (κ3) is 6.34. The molecule has 1 heterocycles. The fourth-order valence-electron chi connectivity index (χ4n) is 3.81. The van der Waals surface area contributed by atoms with E-state index in [0.29, 0.717) is 6.42 Å². The van der Waals surface area contributed by atoms with Crippen LogP contribution in [0.15, 0.2) is 54.6 Å². The number of rotatable bonds is 5. The normalized spacial score (nSPS) is 17.4. The Morgan fingerprint density at radius 3 is 2.18 bits per heavy atom. The smallest absolute Gasteiger partial charge is 0.411 e. The number of hydrogen-bond acceptors (Lipinski definition) is 4. The van der Waals surface area contributed by atoms with Crippen LogP contribution < -0.4 is 10.6 Å². The summed E-state index contributed by atoms with van der Waals surface area (Å²) < 4.78 is 5.55. The van der Waals surface area contributed by atoms with Crippen LogP contribution in [0.5, 0.6) is 0 Å². The number of benzene rings is 2. The molecule has 7 heteroatoms. The third-order valence-corrected chi connectivity index (χ3v) is 5.59. The van der Waals surface area contributed by atoms with Gasteiger partial charge in [0, 0.05) is 6.42 Å². The second-order valence-electron chi connectivity index (χ2n) is 9.47. The Balaban J connectivity index is 1.71. The van der Waals surface area contributed by atoms with Crippen LogP contribution in [0.1, 0.15) is 57.4 Å². The number of amides is 3. The molecule has 176 valence electrons. The molecule has 1 aliphatic heterocycles. The molecule has 3 atom stereocenters. The van der Waals surface area contributed by atoms with Crippen LogP contribution in [0.3, 0.4) is 0 Å². The van der Waals surface area contributed by atoms with Gasteiger partial charge in [0.15, 0.2) is 0 Å². The molecule has 1 aliphatic rings. The molecule has 3 amide bonds. The largest absolute Gasteiger partial charge is 0.444 e. The first-order chi connectivity index (χ1) is 15.5. The van der Waals surface area contributed by atoms with E-state index in [-0.39, 0.29) is 24.4 Å². The van der Waals surface area contributed by atoms with E-state index in [4.69, 9.17) is 4.74 Å². The summed E-state index contributed by atoms with van der Waals surface area (Å²) in [5.41, 5.74) is 2.28. The Morgan fingerprint density at radius 1 is 0.939 bits per heavy atom. The lowest BCUT2D eigenvalue weighted by molar-refractivity contribution is -0.132. The molecule has 2 N–H and O–H groups in total. The number of carbonyl (C=O) groups is 3. The van der Waals surface area contributed by atoms with E-state index in [9.17, 15) is 14.4 Å². The zero-order chi connectivity index (χ0) is 24.2. The van der Waals surface area contributed by atoms with Gasteiger partial charge in [-0.25, -0.2) is 4.79 Å². The zero-order valence-electron chi connectivity index (χ0n) is 19.9. The van der Waals surface area contributed by atoms with Gasteiger partial charge in [0.1, 0.15) is 17.7 Å². The minimum Gasteiger partial charge on any atom is -0.444 e. The van der Waals surface area contributed by atoms with Crippen molar-refractivity contribution in [2.24, 2.45) is 0 Å². The number of carbonyl (C=O) groups excluding carboxylic acids is 3. The summed E-state index contributed by atoms with van der Waals surface area (Å²) in [7, 11) is 0. The van der Waals surface area contributed by atoms with Crippen LogP contribution in [0.2, 0.25) is 0 Å². The van der Waals surface area contributed by atoms with Gasteiger partial charge in [-0.15, -0.1) is 0 Å². The molecule has 1 unspecified atom stereocenters. The summed E-state index contributed by atoms with van der Waals surface area (Å²) in [4.78, 5) is 40.3. The van der Waals surface area contributed by atoms with Crippen LogP contribution in [0.4, 0.5) is 4.79 Å². The van der Waals surface area contributed by atoms with Crippen molar-refractivity contribution in [1.82, 2.24) is 15.5 Å². The first kappa shape index (κ1) is 24.3. The molecular formula is C26H33N3O4. The van der Waals surface area contributed by atoms with E-state index in [1.165, 1.54) is 4.90 Å². The molecule has 0 radical (unpaired) electrons. The first-order valence-corrected chi connectivity index (χ1v) is 11.3. The third-order valence-electron chi connectivity index (χ3n) is 5.59. The van der Waals surface area contributed by atoms with E-state index in [2.05, 4.69) is 10.6 Å². The van der Waals surface area contributed by atoms with Gasteiger partial charge in [0.2, 0.25) is 11.8 Å². The summed E-state index contributed by atoms with van der Waals surface area (Å²) in [6, 6.07) is 15.6. The molecule has 2 aromatic carbocycles. The molecule has 0 fully saturated rings. The highest BCUT2D eigenvalue weighted by Crippen LogP contribution is 2.25. The number of nitrogens with one attached hydrogen (secondary N) is 2. The number of hydrogen-bond donors (Lipinski definition) is 2. The van der Waals surface area contributed by atoms with Gasteiger partial charge in [-0.05, 0) is 51.3 Å². The Kier molecular flexibility index (Phi) is 7.41. The standard InChI is InChI=1S/C26H33N3O4/c1-17(19-11-7-6-8-12-19)27-23(30)18(2)28-24(31)22-15-20-13-9-10-14-21(20)16-29(22)25(32)33-26(3,4)5/h6-14,17-18,22H,15-16H2,1-5H3,(H,27,30)(H,28,31)/t17?,18-,22-/m0/s1. The molecule has 3 rings (SSSR count). The van der Waals surface area contributed by atoms with Crippen LogP contribution >= 0.6 is 0 Å².